The van der Waals surface area contributed by atoms with Crippen molar-refractivity contribution in [2.75, 3.05) is 0 Å². The van der Waals surface area contributed by atoms with Crippen molar-refractivity contribution in [3.05, 3.63) is 45.3 Å². The molecule has 0 spiro atoms. The zero-order chi connectivity index (χ0) is 14.2. The molecular formula is C9H3F6NO2. The van der Waals surface area contributed by atoms with Gasteiger partial charge in [0.2, 0.25) is 5.82 Å². The standard InChI is InChI=1S/C9H3F6NO2/c1-2-3-5(10)4(9(13,14)15)6(11)7(12)8(3)16(17)18/h2H,1H2. The molecule has 98 valence electrons. The highest BCUT2D eigenvalue weighted by Crippen LogP contribution is 2.40. The van der Waals surface area contributed by atoms with Crippen LogP contribution in [0.2, 0.25) is 0 Å². The molecule has 0 fully saturated rings. The highest BCUT2D eigenvalue weighted by atomic mass is 19.4. The molecule has 1 rings (SSSR count). The molecular weight excluding hydrogens is 268 g/mol. The van der Waals surface area contributed by atoms with Crippen molar-refractivity contribution in [3.8, 4) is 0 Å². The van der Waals surface area contributed by atoms with Gasteiger partial charge >= 0.3 is 11.9 Å². The van der Waals surface area contributed by atoms with Gasteiger partial charge in [-0.15, -0.1) is 0 Å². The van der Waals surface area contributed by atoms with Crippen LogP contribution in [0.25, 0.3) is 6.08 Å². The molecule has 0 aliphatic heterocycles. The van der Waals surface area contributed by atoms with E-state index in [4.69, 9.17) is 0 Å². The summed E-state index contributed by atoms with van der Waals surface area (Å²) < 4.78 is 76.4. The van der Waals surface area contributed by atoms with E-state index >= 15 is 0 Å². The topological polar surface area (TPSA) is 43.1 Å². The largest absolute Gasteiger partial charge is 0.422 e. The van der Waals surface area contributed by atoms with Gasteiger partial charge in [-0.3, -0.25) is 10.1 Å². The van der Waals surface area contributed by atoms with Gasteiger partial charge in [0.1, 0.15) is 5.56 Å². The van der Waals surface area contributed by atoms with E-state index in [2.05, 4.69) is 6.58 Å². The Kier molecular flexibility index (Phi) is 3.36. The van der Waals surface area contributed by atoms with Crippen LogP contribution in [0.4, 0.5) is 32.0 Å². The summed E-state index contributed by atoms with van der Waals surface area (Å²) in [5, 5.41) is 10.4. The lowest BCUT2D eigenvalue weighted by molar-refractivity contribution is -0.388. The van der Waals surface area contributed by atoms with Gasteiger partial charge in [-0.1, -0.05) is 12.7 Å². The van der Waals surface area contributed by atoms with E-state index in [-0.39, 0.29) is 0 Å². The van der Waals surface area contributed by atoms with Crippen LogP contribution in [0.1, 0.15) is 11.1 Å². The zero-order valence-electron chi connectivity index (χ0n) is 8.32. The van der Waals surface area contributed by atoms with Gasteiger partial charge in [0.15, 0.2) is 11.6 Å². The number of nitro groups is 1. The lowest BCUT2D eigenvalue weighted by atomic mass is 10.1. The molecule has 9 heteroatoms. The molecule has 0 bridgehead atoms. The monoisotopic (exact) mass is 271 g/mol. The highest BCUT2D eigenvalue weighted by molar-refractivity contribution is 5.62. The van der Waals surface area contributed by atoms with Crippen LogP contribution in [0.3, 0.4) is 0 Å². The maximum absolute atomic E-state index is 13.3. The normalized spacial score (nSPS) is 11.4. The second-order valence-corrected chi connectivity index (χ2v) is 3.04. The quantitative estimate of drug-likeness (QED) is 0.356. The molecule has 0 aromatic heterocycles. The molecule has 0 aliphatic carbocycles. The molecule has 0 aliphatic rings. The van der Waals surface area contributed by atoms with Crippen molar-refractivity contribution < 1.29 is 31.3 Å². The fraction of sp³-hybridized carbons (Fsp3) is 0.111. The minimum Gasteiger partial charge on any atom is -0.258 e. The van der Waals surface area contributed by atoms with E-state index < -0.39 is 45.4 Å². The van der Waals surface area contributed by atoms with Gasteiger partial charge < -0.3 is 0 Å². The SMILES string of the molecule is C=Cc1c(F)c(C(F)(F)F)c(F)c(F)c1[N+](=O)[O-]. The summed E-state index contributed by atoms with van der Waals surface area (Å²) in [4.78, 5) is 8.84. The molecule has 1 aromatic carbocycles. The van der Waals surface area contributed by atoms with E-state index in [1.165, 1.54) is 0 Å². The summed E-state index contributed by atoms with van der Waals surface area (Å²) >= 11 is 0. The first-order valence-corrected chi connectivity index (χ1v) is 4.17. The maximum Gasteiger partial charge on any atom is 0.422 e. The molecule has 0 amide bonds. The number of rotatable bonds is 2. The van der Waals surface area contributed by atoms with Crippen molar-refractivity contribution in [2.24, 2.45) is 0 Å². The Hall–Kier alpha value is -2.06. The highest BCUT2D eigenvalue weighted by Gasteiger charge is 2.43. The molecule has 0 atom stereocenters. The van der Waals surface area contributed by atoms with Crippen LogP contribution in [-0.4, -0.2) is 4.92 Å². The number of halogens is 6. The van der Waals surface area contributed by atoms with Crippen LogP contribution < -0.4 is 0 Å². The minimum atomic E-state index is -5.53. The van der Waals surface area contributed by atoms with E-state index in [9.17, 15) is 36.5 Å². The van der Waals surface area contributed by atoms with Crippen LogP contribution in [-0.2, 0) is 6.18 Å². The molecule has 0 N–H and O–H groups in total. The second-order valence-electron chi connectivity index (χ2n) is 3.04. The Morgan fingerprint density at radius 3 is 1.94 bits per heavy atom. The predicted molar refractivity (Wildman–Crippen MR) is 48.1 cm³/mol. The summed E-state index contributed by atoms with van der Waals surface area (Å²) in [5.74, 6) is -7.32. The van der Waals surface area contributed by atoms with Crippen molar-refractivity contribution in [3.63, 3.8) is 0 Å². The Morgan fingerprint density at radius 1 is 1.11 bits per heavy atom. The molecule has 0 unspecified atom stereocenters. The molecule has 0 radical (unpaired) electrons. The van der Waals surface area contributed by atoms with Gasteiger partial charge in [-0.05, 0) is 0 Å². The van der Waals surface area contributed by atoms with Gasteiger partial charge in [-0.2, -0.15) is 17.6 Å². The molecule has 0 saturated carbocycles. The third-order valence-electron chi connectivity index (χ3n) is 2.00. The van der Waals surface area contributed by atoms with E-state index in [1.54, 1.807) is 0 Å². The molecule has 18 heavy (non-hydrogen) atoms. The maximum atomic E-state index is 13.3. The smallest absolute Gasteiger partial charge is 0.258 e. The number of nitro benzene ring substituents is 1. The fourth-order valence-corrected chi connectivity index (χ4v) is 1.28. The molecule has 0 saturated heterocycles. The van der Waals surface area contributed by atoms with Crippen molar-refractivity contribution >= 4 is 11.8 Å². The Labute approximate surface area is 95.5 Å². The zero-order valence-corrected chi connectivity index (χ0v) is 8.32. The van der Waals surface area contributed by atoms with Crippen molar-refractivity contribution in [2.45, 2.75) is 6.18 Å². The van der Waals surface area contributed by atoms with Crippen LogP contribution in [0.5, 0.6) is 0 Å². The third kappa shape index (κ3) is 2.03. The van der Waals surface area contributed by atoms with Crippen LogP contribution in [0.15, 0.2) is 6.58 Å². The first kappa shape index (κ1) is 14.0. The molecule has 0 heterocycles. The lowest BCUT2D eigenvalue weighted by Gasteiger charge is -2.12. The fourth-order valence-electron chi connectivity index (χ4n) is 1.28. The van der Waals surface area contributed by atoms with E-state index in [0.717, 1.165) is 0 Å². The number of benzene rings is 1. The summed E-state index contributed by atoms with van der Waals surface area (Å²) in [6.45, 7) is 2.83. The van der Waals surface area contributed by atoms with Gasteiger partial charge in [-0.25, -0.2) is 8.78 Å². The second kappa shape index (κ2) is 4.31. The van der Waals surface area contributed by atoms with Crippen molar-refractivity contribution in [1.82, 2.24) is 0 Å². The summed E-state index contributed by atoms with van der Waals surface area (Å²) in [6.07, 6.45) is -5.22. The summed E-state index contributed by atoms with van der Waals surface area (Å²) in [5.41, 5.74) is -5.61. The molecule has 3 nitrogen and oxygen atoms in total. The Balaban J connectivity index is 3.88. The van der Waals surface area contributed by atoms with Crippen LogP contribution in [0, 0.1) is 27.6 Å². The first-order chi connectivity index (χ1) is 8.12. The van der Waals surface area contributed by atoms with Crippen LogP contribution >= 0.6 is 0 Å². The predicted octanol–water partition coefficient (Wildman–Crippen LogP) is 3.67. The van der Waals surface area contributed by atoms with Gasteiger partial charge in [0.25, 0.3) is 0 Å². The van der Waals surface area contributed by atoms with E-state index in [0.29, 0.717) is 6.08 Å². The number of hydrogen-bond donors (Lipinski definition) is 0. The summed E-state index contributed by atoms with van der Waals surface area (Å²) in [7, 11) is 0. The number of hydrogen-bond acceptors (Lipinski definition) is 2. The lowest BCUT2D eigenvalue weighted by Crippen LogP contribution is -2.16. The number of nitrogens with zero attached hydrogens (tertiary/aromatic N) is 1. The minimum absolute atomic E-state index is 0.311. The average Bonchev–Trinajstić information content (AvgIpc) is 2.20. The summed E-state index contributed by atoms with van der Waals surface area (Å²) in [6, 6.07) is 0. The Bertz CT molecular complexity index is 537. The van der Waals surface area contributed by atoms with Gasteiger partial charge in [0.05, 0.1) is 10.5 Å². The number of alkyl halides is 3. The third-order valence-corrected chi connectivity index (χ3v) is 2.00. The van der Waals surface area contributed by atoms with E-state index in [1.807, 2.05) is 0 Å². The molecule has 1 aromatic rings. The first-order valence-electron chi connectivity index (χ1n) is 4.17. The van der Waals surface area contributed by atoms with Gasteiger partial charge in [0, 0.05) is 0 Å². The average molecular weight is 271 g/mol. The van der Waals surface area contributed by atoms with Crippen molar-refractivity contribution in [1.29, 1.82) is 0 Å². The Morgan fingerprint density at radius 2 is 1.61 bits per heavy atom.